The lowest BCUT2D eigenvalue weighted by atomic mass is 10.1. The Morgan fingerprint density at radius 3 is 2.58 bits per heavy atom. The van der Waals surface area contributed by atoms with Crippen LogP contribution >= 0.6 is 22.6 Å². The predicted molar refractivity (Wildman–Crippen MR) is 125 cm³/mol. The van der Waals surface area contributed by atoms with E-state index in [1.54, 1.807) is 0 Å². The Morgan fingerprint density at radius 1 is 1.13 bits per heavy atom. The maximum atomic E-state index is 5.65. The highest BCUT2D eigenvalue weighted by molar-refractivity contribution is 14.1. The van der Waals surface area contributed by atoms with Gasteiger partial charge in [0.2, 0.25) is 0 Å². The van der Waals surface area contributed by atoms with Gasteiger partial charge in [0.1, 0.15) is 14.9 Å². The molecule has 1 saturated heterocycles. The van der Waals surface area contributed by atoms with Gasteiger partial charge in [0, 0.05) is 26.2 Å². The van der Waals surface area contributed by atoms with E-state index in [1.165, 1.54) is 0 Å². The van der Waals surface area contributed by atoms with Gasteiger partial charge >= 0.3 is 0 Å². The van der Waals surface area contributed by atoms with Gasteiger partial charge in [-0.1, -0.05) is 5.21 Å². The van der Waals surface area contributed by atoms with Gasteiger partial charge in [-0.15, -0.1) is 10.2 Å². The van der Waals surface area contributed by atoms with Crippen molar-refractivity contribution in [3.8, 4) is 22.8 Å². The van der Waals surface area contributed by atoms with E-state index in [0.717, 1.165) is 55.7 Å². The van der Waals surface area contributed by atoms with Crippen LogP contribution < -0.4 is 4.90 Å². The number of aryl methyl sites for hydroxylation is 4. The Hall–Kier alpha value is -2.54. The van der Waals surface area contributed by atoms with Crippen molar-refractivity contribution in [3.63, 3.8) is 0 Å². The van der Waals surface area contributed by atoms with E-state index in [-0.39, 0.29) is 6.04 Å². The average Bonchev–Trinajstić information content (AvgIpc) is 3.36. The monoisotopic (exact) mass is 533 g/mol. The molecule has 0 spiro atoms. The molecule has 31 heavy (non-hydrogen) atoms. The van der Waals surface area contributed by atoms with E-state index in [1.807, 2.05) is 47.9 Å². The Morgan fingerprint density at radius 2 is 1.94 bits per heavy atom. The summed E-state index contributed by atoms with van der Waals surface area (Å²) >= 11 is 2.28. The minimum atomic E-state index is 0.224. The first-order valence-electron chi connectivity index (χ1n) is 10.2. The molecule has 162 valence electrons. The Bertz CT molecular complexity index is 1270. The van der Waals surface area contributed by atoms with Crippen molar-refractivity contribution < 1.29 is 4.74 Å². The summed E-state index contributed by atoms with van der Waals surface area (Å²) in [6.07, 6.45) is 0. The molecule has 10 nitrogen and oxygen atoms in total. The number of rotatable bonds is 3. The zero-order valence-electron chi connectivity index (χ0n) is 18.2. The second-order valence-corrected chi connectivity index (χ2v) is 8.98. The van der Waals surface area contributed by atoms with Crippen molar-refractivity contribution in [1.29, 1.82) is 0 Å². The number of imidazole rings is 1. The molecule has 0 aromatic carbocycles. The Kier molecular flexibility index (Phi) is 4.96. The fraction of sp³-hybridized carbons (Fsp3) is 0.450. The number of hydrogen-bond donors (Lipinski definition) is 0. The first kappa shape index (κ1) is 20.4. The smallest absolute Gasteiger partial charge is 0.180 e. The van der Waals surface area contributed by atoms with Crippen LogP contribution in [0.5, 0.6) is 0 Å². The van der Waals surface area contributed by atoms with Gasteiger partial charge in [0.15, 0.2) is 11.6 Å². The summed E-state index contributed by atoms with van der Waals surface area (Å²) in [6, 6.07) is 4.39. The minimum absolute atomic E-state index is 0.224. The summed E-state index contributed by atoms with van der Waals surface area (Å²) in [5.41, 5.74) is 5.63. The highest BCUT2D eigenvalue weighted by Gasteiger charge is 2.27. The predicted octanol–water partition coefficient (Wildman–Crippen LogP) is 2.37. The van der Waals surface area contributed by atoms with Crippen LogP contribution in [0, 0.1) is 17.5 Å². The number of morpholine rings is 1. The number of aromatic nitrogens is 8. The minimum Gasteiger partial charge on any atom is -0.377 e. The quantitative estimate of drug-likeness (QED) is 0.374. The average molecular weight is 533 g/mol. The summed E-state index contributed by atoms with van der Waals surface area (Å²) in [5, 5.41) is 18.1. The van der Waals surface area contributed by atoms with Gasteiger partial charge in [0.25, 0.3) is 0 Å². The van der Waals surface area contributed by atoms with Crippen LogP contribution in [0.25, 0.3) is 28.3 Å². The van der Waals surface area contributed by atoms with E-state index in [9.17, 15) is 0 Å². The van der Waals surface area contributed by atoms with Crippen LogP contribution in [-0.4, -0.2) is 65.2 Å². The zero-order chi connectivity index (χ0) is 21.9. The molecule has 11 heteroatoms. The standard InChI is InChI=1S/C20H24IN9O/c1-11-8-15(27(4)24-11)20-22-19(21)18-14(17-13(3)23-26-28(17)5)9-16(25-30(18)20)29-6-7-31-10-12(29)2/h8-9,12H,6-7,10H2,1-5H3/t12-/m1/s1. The second kappa shape index (κ2) is 7.55. The number of anilines is 1. The highest BCUT2D eigenvalue weighted by atomic mass is 127. The molecule has 0 N–H and O–H groups in total. The molecule has 0 unspecified atom stereocenters. The van der Waals surface area contributed by atoms with E-state index in [2.05, 4.69) is 55.9 Å². The van der Waals surface area contributed by atoms with Gasteiger partial charge in [-0.2, -0.15) is 5.10 Å². The number of halogens is 1. The lowest BCUT2D eigenvalue weighted by Gasteiger charge is -2.34. The van der Waals surface area contributed by atoms with Crippen LogP contribution in [0.4, 0.5) is 5.82 Å². The maximum Gasteiger partial charge on any atom is 0.180 e. The summed E-state index contributed by atoms with van der Waals surface area (Å²) < 4.78 is 12.1. The first-order valence-corrected chi connectivity index (χ1v) is 11.2. The van der Waals surface area contributed by atoms with Crippen molar-refractivity contribution in [2.45, 2.75) is 26.8 Å². The van der Waals surface area contributed by atoms with Crippen LogP contribution in [-0.2, 0) is 18.8 Å². The van der Waals surface area contributed by atoms with Gasteiger partial charge in [-0.3, -0.25) is 4.68 Å². The van der Waals surface area contributed by atoms with E-state index in [0.29, 0.717) is 13.2 Å². The molecule has 5 heterocycles. The molecule has 5 rings (SSSR count). The molecule has 0 saturated carbocycles. The lowest BCUT2D eigenvalue weighted by Crippen LogP contribution is -2.44. The molecule has 0 aliphatic carbocycles. The van der Waals surface area contributed by atoms with Crippen molar-refractivity contribution in [3.05, 3.63) is 27.2 Å². The molecule has 1 aliphatic heterocycles. The molecule has 4 aromatic rings. The number of nitrogens with zero attached hydrogens (tertiary/aromatic N) is 9. The third-order valence-corrected chi connectivity index (χ3v) is 6.44. The third-order valence-electron chi connectivity index (χ3n) is 5.69. The van der Waals surface area contributed by atoms with Crippen LogP contribution in [0.3, 0.4) is 0 Å². The summed E-state index contributed by atoms with van der Waals surface area (Å²) in [7, 11) is 3.85. The van der Waals surface area contributed by atoms with E-state index in [4.69, 9.17) is 14.8 Å². The molecular weight excluding hydrogens is 509 g/mol. The lowest BCUT2D eigenvalue weighted by molar-refractivity contribution is 0.0984. The molecule has 4 aromatic heterocycles. The Balaban J connectivity index is 1.83. The third kappa shape index (κ3) is 3.30. The topological polar surface area (TPSA) is 91.2 Å². The fourth-order valence-electron chi connectivity index (χ4n) is 4.24. The molecule has 1 aliphatic rings. The molecular formula is C20H24IN9O. The number of hydrogen-bond acceptors (Lipinski definition) is 7. The zero-order valence-corrected chi connectivity index (χ0v) is 20.3. The maximum absolute atomic E-state index is 5.65. The fourth-order valence-corrected chi connectivity index (χ4v) is 4.99. The van der Waals surface area contributed by atoms with Crippen LogP contribution in [0.1, 0.15) is 18.3 Å². The van der Waals surface area contributed by atoms with Gasteiger partial charge < -0.3 is 9.64 Å². The van der Waals surface area contributed by atoms with Gasteiger partial charge in [-0.05, 0) is 55.5 Å². The van der Waals surface area contributed by atoms with Gasteiger partial charge in [-0.25, -0.2) is 14.2 Å². The van der Waals surface area contributed by atoms with E-state index < -0.39 is 0 Å². The van der Waals surface area contributed by atoms with Crippen molar-refractivity contribution in [2.75, 3.05) is 24.7 Å². The Labute approximate surface area is 193 Å². The summed E-state index contributed by atoms with van der Waals surface area (Å²) in [6.45, 7) is 8.26. The first-order chi connectivity index (χ1) is 14.8. The van der Waals surface area contributed by atoms with Gasteiger partial charge in [0.05, 0.1) is 36.3 Å². The highest BCUT2D eigenvalue weighted by Crippen LogP contribution is 2.35. The molecule has 0 bridgehead atoms. The molecule has 0 radical (unpaired) electrons. The van der Waals surface area contributed by atoms with Crippen molar-refractivity contribution in [1.82, 2.24) is 39.4 Å². The number of fused-ring (bicyclic) bond motifs is 1. The van der Waals surface area contributed by atoms with Crippen LogP contribution in [0.2, 0.25) is 0 Å². The summed E-state index contributed by atoms with van der Waals surface area (Å²) in [5.74, 6) is 1.65. The van der Waals surface area contributed by atoms with Crippen molar-refractivity contribution >= 4 is 33.9 Å². The van der Waals surface area contributed by atoms with E-state index >= 15 is 0 Å². The molecule has 1 atom stereocenters. The van der Waals surface area contributed by atoms with Crippen LogP contribution in [0.15, 0.2) is 12.1 Å². The normalized spacial score (nSPS) is 17.1. The molecule has 0 amide bonds. The largest absolute Gasteiger partial charge is 0.377 e. The number of ether oxygens (including phenoxy) is 1. The SMILES string of the molecule is Cc1cc(-c2nc(I)c3c(-c4c(C)nnn4C)cc(N4CCOC[C@H]4C)nn23)n(C)n1. The van der Waals surface area contributed by atoms with Crippen molar-refractivity contribution in [2.24, 2.45) is 14.1 Å². The second-order valence-electron chi connectivity index (χ2n) is 7.96. The summed E-state index contributed by atoms with van der Waals surface area (Å²) in [4.78, 5) is 7.19. The molecule has 1 fully saturated rings.